The van der Waals surface area contributed by atoms with E-state index in [1.54, 1.807) is 0 Å². The van der Waals surface area contributed by atoms with E-state index in [-0.39, 0.29) is 18.1 Å². The van der Waals surface area contributed by atoms with Crippen molar-refractivity contribution in [1.82, 2.24) is 4.90 Å². The van der Waals surface area contributed by atoms with E-state index in [9.17, 15) is 4.79 Å². The van der Waals surface area contributed by atoms with Gasteiger partial charge in [0.25, 0.3) is 5.91 Å². The van der Waals surface area contributed by atoms with Gasteiger partial charge in [0.1, 0.15) is 0 Å². The van der Waals surface area contributed by atoms with Crippen molar-refractivity contribution >= 4 is 5.91 Å². The molecule has 0 saturated carbocycles. The zero-order valence-corrected chi connectivity index (χ0v) is 12.0. The summed E-state index contributed by atoms with van der Waals surface area (Å²) in [4.78, 5) is 14.6. The second-order valence-electron chi connectivity index (χ2n) is 5.83. The molecule has 0 spiro atoms. The zero-order chi connectivity index (χ0) is 14.1. The third kappa shape index (κ3) is 2.45. The number of morpholine rings is 1. The van der Waals surface area contributed by atoms with Gasteiger partial charge in [-0.1, -0.05) is 6.07 Å². The van der Waals surface area contributed by atoms with E-state index in [0.29, 0.717) is 19.7 Å². The molecular formula is C16H22N2O2. The summed E-state index contributed by atoms with van der Waals surface area (Å²) in [7, 11) is 0. The second-order valence-corrected chi connectivity index (χ2v) is 5.83. The molecule has 20 heavy (non-hydrogen) atoms. The molecule has 108 valence electrons. The van der Waals surface area contributed by atoms with Crippen LogP contribution in [0.2, 0.25) is 0 Å². The molecule has 1 fully saturated rings. The summed E-state index contributed by atoms with van der Waals surface area (Å²) >= 11 is 0. The molecule has 2 atom stereocenters. The minimum absolute atomic E-state index is 0.0374. The number of nitrogens with two attached hydrogens (primary N) is 1. The Morgan fingerprint density at radius 2 is 2.20 bits per heavy atom. The number of aryl methyl sites for hydroxylation is 2. The highest BCUT2D eigenvalue weighted by atomic mass is 16.5. The maximum absolute atomic E-state index is 12.7. The number of hydrogen-bond donors (Lipinski definition) is 1. The van der Waals surface area contributed by atoms with Gasteiger partial charge in [0.15, 0.2) is 0 Å². The zero-order valence-electron chi connectivity index (χ0n) is 12.0. The molecule has 1 aliphatic carbocycles. The lowest BCUT2D eigenvalue weighted by Crippen LogP contribution is -2.52. The Morgan fingerprint density at radius 1 is 1.40 bits per heavy atom. The van der Waals surface area contributed by atoms with Crippen LogP contribution in [0.25, 0.3) is 0 Å². The van der Waals surface area contributed by atoms with Crippen molar-refractivity contribution in [3.8, 4) is 0 Å². The van der Waals surface area contributed by atoms with Crippen LogP contribution >= 0.6 is 0 Å². The summed E-state index contributed by atoms with van der Waals surface area (Å²) in [6, 6.07) is 6.26. The fourth-order valence-corrected chi connectivity index (χ4v) is 3.11. The molecule has 1 saturated heterocycles. The first-order valence-electron chi connectivity index (χ1n) is 7.43. The molecular weight excluding hydrogens is 252 g/mol. The number of nitrogens with zero attached hydrogens (tertiary/aromatic N) is 1. The van der Waals surface area contributed by atoms with Gasteiger partial charge in [0, 0.05) is 18.7 Å². The summed E-state index contributed by atoms with van der Waals surface area (Å²) in [6.07, 6.45) is 3.41. The number of hydrogen-bond acceptors (Lipinski definition) is 3. The minimum Gasteiger partial charge on any atom is -0.373 e. The van der Waals surface area contributed by atoms with Gasteiger partial charge in [-0.15, -0.1) is 0 Å². The molecule has 1 aromatic carbocycles. The highest BCUT2D eigenvalue weighted by Gasteiger charge is 2.30. The van der Waals surface area contributed by atoms with Crippen LogP contribution in [0, 0.1) is 0 Å². The lowest BCUT2D eigenvalue weighted by molar-refractivity contribution is -0.0426. The van der Waals surface area contributed by atoms with Gasteiger partial charge in [0.05, 0.1) is 18.8 Å². The number of ether oxygens (including phenoxy) is 1. The number of carbonyl (C=O) groups excluding carboxylic acids is 1. The largest absolute Gasteiger partial charge is 0.373 e. The molecule has 0 bridgehead atoms. The summed E-state index contributed by atoms with van der Waals surface area (Å²) in [5.41, 5.74) is 9.20. The van der Waals surface area contributed by atoms with E-state index in [4.69, 9.17) is 10.5 Å². The van der Waals surface area contributed by atoms with E-state index >= 15 is 0 Å². The predicted octanol–water partition coefficient (Wildman–Crippen LogP) is 1.36. The molecule has 1 aromatic rings. The van der Waals surface area contributed by atoms with Crippen LogP contribution in [-0.4, -0.2) is 42.6 Å². The molecule has 1 aliphatic heterocycles. The third-order valence-electron chi connectivity index (χ3n) is 4.37. The normalized spacial score (nSPS) is 25.6. The van der Waals surface area contributed by atoms with E-state index in [0.717, 1.165) is 18.4 Å². The number of benzene rings is 1. The Balaban J connectivity index is 1.80. The number of carbonyl (C=O) groups is 1. The topological polar surface area (TPSA) is 55.6 Å². The van der Waals surface area contributed by atoms with Gasteiger partial charge in [0.2, 0.25) is 0 Å². The standard InChI is InChI=1S/C16H22N2O2/c1-11-10-20-15(8-17)9-18(11)16(19)14-6-5-12-3-2-4-13(12)7-14/h5-7,11,15H,2-4,8-10,17H2,1H3. The van der Waals surface area contributed by atoms with E-state index < -0.39 is 0 Å². The quantitative estimate of drug-likeness (QED) is 0.886. The average molecular weight is 274 g/mol. The molecule has 4 nitrogen and oxygen atoms in total. The van der Waals surface area contributed by atoms with Crippen LogP contribution in [0.15, 0.2) is 18.2 Å². The second kappa shape index (κ2) is 5.54. The van der Waals surface area contributed by atoms with Crippen molar-refractivity contribution in [1.29, 1.82) is 0 Å². The summed E-state index contributed by atoms with van der Waals surface area (Å²) < 4.78 is 5.61. The molecule has 2 N–H and O–H groups in total. The van der Waals surface area contributed by atoms with E-state index in [1.807, 2.05) is 17.9 Å². The van der Waals surface area contributed by atoms with Gasteiger partial charge < -0.3 is 15.4 Å². The Bertz CT molecular complexity index is 515. The number of fused-ring (bicyclic) bond motifs is 1. The highest BCUT2D eigenvalue weighted by Crippen LogP contribution is 2.24. The van der Waals surface area contributed by atoms with Crippen LogP contribution < -0.4 is 5.73 Å². The molecule has 2 unspecified atom stereocenters. The van der Waals surface area contributed by atoms with E-state index in [1.165, 1.54) is 17.5 Å². The molecule has 1 heterocycles. The summed E-state index contributed by atoms with van der Waals surface area (Å²) in [6.45, 7) is 3.64. The monoisotopic (exact) mass is 274 g/mol. The van der Waals surface area contributed by atoms with Crippen molar-refractivity contribution in [2.24, 2.45) is 5.73 Å². The Labute approximate surface area is 119 Å². The Hall–Kier alpha value is -1.39. The van der Waals surface area contributed by atoms with Crippen LogP contribution in [0.5, 0.6) is 0 Å². The molecule has 3 rings (SSSR count). The summed E-state index contributed by atoms with van der Waals surface area (Å²) in [5, 5.41) is 0. The van der Waals surface area contributed by atoms with Crippen LogP contribution in [0.1, 0.15) is 34.8 Å². The van der Waals surface area contributed by atoms with E-state index in [2.05, 4.69) is 12.1 Å². The molecule has 0 radical (unpaired) electrons. The lowest BCUT2D eigenvalue weighted by Gasteiger charge is -2.37. The lowest BCUT2D eigenvalue weighted by atomic mass is 10.0. The molecule has 1 amide bonds. The van der Waals surface area contributed by atoms with Gasteiger partial charge in [-0.25, -0.2) is 0 Å². The third-order valence-corrected chi connectivity index (χ3v) is 4.37. The van der Waals surface area contributed by atoms with Crippen molar-refractivity contribution < 1.29 is 9.53 Å². The summed E-state index contributed by atoms with van der Waals surface area (Å²) in [5.74, 6) is 0.106. The van der Waals surface area contributed by atoms with Crippen LogP contribution in [-0.2, 0) is 17.6 Å². The van der Waals surface area contributed by atoms with Gasteiger partial charge in [-0.05, 0) is 49.4 Å². The van der Waals surface area contributed by atoms with Gasteiger partial charge >= 0.3 is 0 Å². The van der Waals surface area contributed by atoms with Crippen molar-refractivity contribution in [2.45, 2.75) is 38.3 Å². The first-order valence-corrected chi connectivity index (χ1v) is 7.43. The maximum Gasteiger partial charge on any atom is 0.254 e. The van der Waals surface area contributed by atoms with Crippen LogP contribution in [0.3, 0.4) is 0 Å². The SMILES string of the molecule is CC1COC(CN)CN1C(=O)c1ccc2c(c1)CCC2. The number of rotatable bonds is 2. The first kappa shape index (κ1) is 13.6. The molecule has 2 aliphatic rings. The Morgan fingerprint density at radius 3 is 3.00 bits per heavy atom. The fraction of sp³-hybridized carbons (Fsp3) is 0.562. The average Bonchev–Trinajstić information content (AvgIpc) is 2.94. The first-order chi connectivity index (χ1) is 9.69. The smallest absolute Gasteiger partial charge is 0.254 e. The maximum atomic E-state index is 12.7. The van der Waals surface area contributed by atoms with Crippen molar-refractivity contribution in [3.63, 3.8) is 0 Å². The van der Waals surface area contributed by atoms with Gasteiger partial charge in [-0.2, -0.15) is 0 Å². The van der Waals surface area contributed by atoms with Crippen LogP contribution in [0.4, 0.5) is 0 Å². The molecule has 0 aromatic heterocycles. The number of amides is 1. The predicted molar refractivity (Wildman–Crippen MR) is 77.8 cm³/mol. The van der Waals surface area contributed by atoms with Gasteiger partial charge in [-0.3, -0.25) is 4.79 Å². The van der Waals surface area contributed by atoms with Crippen molar-refractivity contribution in [2.75, 3.05) is 19.7 Å². The Kier molecular flexibility index (Phi) is 3.76. The highest BCUT2D eigenvalue weighted by molar-refractivity contribution is 5.94. The van der Waals surface area contributed by atoms with Crippen molar-refractivity contribution in [3.05, 3.63) is 34.9 Å². The molecule has 4 heteroatoms. The fourth-order valence-electron chi connectivity index (χ4n) is 3.11. The minimum atomic E-state index is -0.0374.